The third-order valence-electron chi connectivity index (χ3n) is 4.40. The van der Waals surface area contributed by atoms with Gasteiger partial charge in [0.2, 0.25) is 0 Å². The smallest absolute Gasteiger partial charge is 0.272 e. The van der Waals surface area contributed by atoms with Gasteiger partial charge in [0.25, 0.3) is 11.8 Å². The van der Waals surface area contributed by atoms with Crippen molar-refractivity contribution < 1.29 is 9.59 Å². The second-order valence-corrected chi connectivity index (χ2v) is 6.37. The molecule has 0 aliphatic carbocycles. The summed E-state index contributed by atoms with van der Waals surface area (Å²) in [4.78, 5) is 32.2. The van der Waals surface area contributed by atoms with E-state index in [9.17, 15) is 9.59 Å². The minimum absolute atomic E-state index is 0.0679. The Morgan fingerprint density at radius 2 is 1.89 bits per heavy atom. The van der Waals surface area contributed by atoms with Crippen molar-refractivity contribution in [3.8, 4) is 0 Å². The Kier molecular flexibility index (Phi) is 4.61. The number of carbonyl (C=O) groups is 2. The Labute approximate surface area is 155 Å². The minimum Gasteiger partial charge on any atom is -0.347 e. The van der Waals surface area contributed by atoms with Gasteiger partial charge in [-0.1, -0.05) is 30.3 Å². The van der Waals surface area contributed by atoms with E-state index in [0.717, 1.165) is 11.3 Å². The summed E-state index contributed by atoms with van der Waals surface area (Å²) in [7, 11) is 0. The molecular formula is C19H18N6O2. The molecular weight excluding hydrogens is 344 g/mol. The Balaban J connectivity index is 1.33. The number of nitrogens with zero attached hydrogens (tertiary/aromatic N) is 4. The summed E-state index contributed by atoms with van der Waals surface area (Å²) in [6.45, 7) is 0.987. The second-order valence-electron chi connectivity index (χ2n) is 6.37. The molecule has 136 valence electrons. The summed E-state index contributed by atoms with van der Waals surface area (Å²) in [5.74, 6) is -0.421. The van der Waals surface area contributed by atoms with Crippen LogP contribution < -0.4 is 10.6 Å². The van der Waals surface area contributed by atoms with E-state index in [1.165, 1.54) is 18.7 Å². The molecule has 0 fully saturated rings. The zero-order valence-corrected chi connectivity index (χ0v) is 14.5. The number of aromatic nitrogens is 4. The van der Waals surface area contributed by atoms with E-state index < -0.39 is 0 Å². The molecule has 0 radical (unpaired) electrons. The van der Waals surface area contributed by atoms with E-state index in [1.54, 1.807) is 10.7 Å². The summed E-state index contributed by atoms with van der Waals surface area (Å²) in [6, 6.07) is 11.4. The van der Waals surface area contributed by atoms with Crippen LogP contribution >= 0.6 is 0 Å². The molecule has 4 rings (SSSR count). The van der Waals surface area contributed by atoms with Crippen molar-refractivity contribution in [2.45, 2.75) is 25.6 Å². The highest BCUT2D eigenvalue weighted by molar-refractivity contribution is 5.94. The molecule has 1 atom stereocenters. The maximum absolute atomic E-state index is 12.3. The van der Waals surface area contributed by atoms with E-state index in [0.29, 0.717) is 30.8 Å². The first-order chi connectivity index (χ1) is 13.2. The normalized spacial score (nSPS) is 15.2. The molecule has 2 aromatic heterocycles. The number of fused-ring (bicyclic) bond motifs is 1. The summed E-state index contributed by atoms with van der Waals surface area (Å²) >= 11 is 0. The third-order valence-corrected chi connectivity index (χ3v) is 4.40. The van der Waals surface area contributed by atoms with Gasteiger partial charge in [-0.2, -0.15) is 5.10 Å². The maximum atomic E-state index is 12.3. The van der Waals surface area contributed by atoms with Crippen molar-refractivity contribution >= 4 is 11.8 Å². The molecule has 0 spiro atoms. The molecule has 1 aliphatic heterocycles. The minimum atomic E-state index is -0.216. The summed E-state index contributed by atoms with van der Waals surface area (Å²) in [5, 5.41) is 10.2. The fourth-order valence-electron chi connectivity index (χ4n) is 3.07. The van der Waals surface area contributed by atoms with Crippen LogP contribution in [0.4, 0.5) is 0 Å². The Morgan fingerprint density at radius 3 is 2.63 bits per heavy atom. The first-order valence-corrected chi connectivity index (χ1v) is 8.64. The number of hydrogen-bond acceptors (Lipinski definition) is 5. The molecule has 0 saturated heterocycles. The molecule has 0 bridgehead atoms. The monoisotopic (exact) mass is 362 g/mol. The Morgan fingerprint density at radius 1 is 1.11 bits per heavy atom. The van der Waals surface area contributed by atoms with Gasteiger partial charge in [0, 0.05) is 31.1 Å². The van der Waals surface area contributed by atoms with Gasteiger partial charge in [-0.05, 0) is 11.6 Å². The quantitative estimate of drug-likeness (QED) is 0.704. The molecule has 0 saturated carbocycles. The molecule has 8 nitrogen and oxygen atoms in total. The fourth-order valence-corrected chi connectivity index (χ4v) is 3.07. The van der Waals surface area contributed by atoms with Crippen LogP contribution in [0.25, 0.3) is 0 Å². The van der Waals surface area contributed by atoms with Crippen molar-refractivity contribution in [2.75, 3.05) is 0 Å². The molecule has 3 heterocycles. The number of hydrogen-bond donors (Lipinski definition) is 2. The van der Waals surface area contributed by atoms with Crippen molar-refractivity contribution in [2.24, 2.45) is 0 Å². The van der Waals surface area contributed by atoms with Crippen molar-refractivity contribution in [3.05, 3.63) is 77.6 Å². The molecule has 1 aliphatic rings. The molecule has 8 heteroatoms. The van der Waals surface area contributed by atoms with Crippen molar-refractivity contribution in [3.63, 3.8) is 0 Å². The second kappa shape index (κ2) is 7.36. The van der Waals surface area contributed by atoms with Gasteiger partial charge in [-0.3, -0.25) is 14.3 Å². The molecule has 0 unspecified atom stereocenters. The lowest BCUT2D eigenvalue weighted by atomic mass is 10.2. The van der Waals surface area contributed by atoms with E-state index in [4.69, 9.17) is 0 Å². The number of carbonyl (C=O) groups excluding carboxylic acids is 2. The van der Waals surface area contributed by atoms with Gasteiger partial charge in [0.15, 0.2) is 0 Å². The van der Waals surface area contributed by atoms with Crippen molar-refractivity contribution in [1.82, 2.24) is 30.4 Å². The average Bonchev–Trinajstić information content (AvgIpc) is 3.26. The predicted molar refractivity (Wildman–Crippen MR) is 96.8 cm³/mol. The fraction of sp³-hybridized carbons (Fsp3) is 0.211. The highest BCUT2D eigenvalue weighted by atomic mass is 16.2. The Hall–Kier alpha value is -3.55. The van der Waals surface area contributed by atoms with Gasteiger partial charge in [0.05, 0.1) is 18.2 Å². The third kappa shape index (κ3) is 3.84. The van der Waals surface area contributed by atoms with Gasteiger partial charge >= 0.3 is 0 Å². The predicted octanol–water partition coefficient (Wildman–Crippen LogP) is 0.958. The topological polar surface area (TPSA) is 102 Å². The molecule has 27 heavy (non-hydrogen) atoms. The lowest BCUT2D eigenvalue weighted by Gasteiger charge is -2.11. The summed E-state index contributed by atoms with van der Waals surface area (Å²) in [6.07, 6.45) is 4.96. The van der Waals surface area contributed by atoms with E-state index in [-0.39, 0.29) is 17.9 Å². The van der Waals surface area contributed by atoms with Gasteiger partial charge in [-0.15, -0.1) is 0 Å². The van der Waals surface area contributed by atoms with E-state index >= 15 is 0 Å². The van der Waals surface area contributed by atoms with Crippen molar-refractivity contribution in [1.29, 1.82) is 0 Å². The highest BCUT2D eigenvalue weighted by Gasteiger charge is 2.26. The number of amides is 2. The molecule has 1 aromatic carbocycles. The van der Waals surface area contributed by atoms with Gasteiger partial charge < -0.3 is 10.6 Å². The van der Waals surface area contributed by atoms with E-state index in [2.05, 4.69) is 25.7 Å². The maximum Gasteiger partial charge on any atom is 0.272 e. The summed E-state index contributed by atoms with van der Waals surface area (Å²) in [5.41, 5.74) is 2.77. The van der Waals surface area contributed by atoms with Crippen LogP contribution in [0.15, 0.2) is 55.1 Å². The Bertz CT molecular complexity index is 931. The van der Waals surface area contributed by atoms with Crippen LogP contribution in [0, 0.1) is 0 Å². The number of benzene rings is 1. The van der Waals surface area contributed by atoms with Crippen LogP contribution in [-0.4, -0.2) is 37.6 Å². The standard InChI is InChI=1S/C19H18N6O2/c26-18(14-9-20-12-21-10-14)23-15-6-16-7-17(24-25(16)11-15)19(27)22-8-13-4-2-1-3-5-13/h1-5,7,9-10,12,15H,6,8,11H2,(H,22,27)(H,23,26)/t15-/m0/s1. The number of rotatable bonds is 5. The van der Waals surface area contributed by atoms with Crippen LogP contribution in [0.1, 0.15) is 32.1 Å². The zero-order valence-electron chi connectivity index (χ0n) is 14.5. The SMILES string of the molecule is O=C(N[C@H]1Cc2cc(C(=O)NCc3ccccc3)nn2C1)c1cncnc1. The molecule has 2 N–H and O–H groups in total. The molecule has 3 aromatic rings. The average molecular weight is 362 g/mol. The van der Waals surface area contributed by atoms with Gasteiger partial charge in [0.1, 0.15) is 12.0 Å². The van der Waals surface area contributed by atoms with Gasteiger partial charge in [-0.25, -0.2) is 9.97 Å². The highest BCUT2D eigenvalue weighted by Crippen LogP contribution is 2.16. The largest absolute Gasteiger partial charge is 0.347 e. The van der Waals surface area contributed by atoms with Crippen LogP contribution in [-0.2, 0) is 19.5 Å². The van der Waals surface area contributed by atoms with Crippen LogP contribution in [0.5, 0.6) is 0 Å². The summed E-state index contributed by atoms with van der Waals surface area (Å²) < 4.78 is 1.77. The first kappa shape index (κ1) is 16.9. The first-order valence-electron chi connectivity index (χ1n) is 8.64. The zero-order chi connectivity index (χ0) is 18.6. The van der Waals surface area contributed by atoms with Crippen LogP contribution in [0.2, 0.25) is 0 Å². The van der Waals surface area contributed by atoms with Crippen LogP contribution in [0.3, 0.4) is 0 Å². The van der Waals surface area contributed by atoms with E-state index in [1.807, 2.05) is 30.3 Å². The lowest BCUT2D eigenvalue weighted by Crippen LogP contribution is -2.36. The number of nitrogens with one attached hydrogen (secondary N) is 2. The molecule has 2 amide bonds. The lowest BCUT2D eigenvalue weighted by molar-refractivity contribution is 0.0927.